The summed E-state index contributed by atoms with van der Waals surface area (Å²) in [6.07, 6.45) is 4.01. The second kappa shape index (κ2) is 5.79. The molecule has 0 fully saturated rings. The molecule has 0 aliphatic carbocycles. The first-order valence-corrected chi connectivity index (χ1v) is 7.34. The number of hydrogen-bond donors (Lipinski definition) is 1. The second-order valence-electron chi connectivity index (χ2n) is 2.90. The zero-order valence-electron chi connectivity index (χ0n) is 8.21. The SMILES string of the molecule is CSCc1ccc(Cl)c(CSC)c1O. The van der Waals surface area contributed by atoms with Crippen molar-refractivity contribution in [2.75, 3.05) is 12.5 Å². The van der Waals surface area contributed by atoms with E-state index in [0.29, 0.717) is 10.8 Å². The highest BCUT2D eigenvalue weighted by Crippen LogP contribution is 2.33. The van der Waals surface area contributed by atoms with Gasteiger partial charge in [0.25, 0.3) is 0 Å². The lowest BCUT2D eigenvalue weighted by Gasteiger charge is -2.09. The predicted molar refractivity (Wildman–Crippen MR) is 67.6 cm³/mol. The maximum atomic E-state index is 9.92. The Morgan fingerprint density at radius 3 is 2.43 bits per heavy atom. The minimum Gasteiger partial charge on any atom is -0.507 e. The first kappa shape index (κ1) is 12.1. The van der Waals surface area contributed by atoms with E-state index in [1.807, 2.05) is 24.6 Å². The maximum Gasteiger partial charge on any atom is 0.125 e. The summed E-state index contributed by atoms with van der Waals surface area (Å²) in [6.45, 7) is 0. The van der Waals surface area contributed by atoms with Crippen molar-refractivity contribution in [3.05, 3.63) is 28.3 Å². The summed E-state index contributed by atoms with van der Waals surface area (Å²) in [5.74, 6) is 1.94. The monoisotopic (exact) mass is 248 g/mol. The molecule has 0 aliphatic heterocycles. The third-order valence-corrected chi connectivity index (χ3v) is 3.43. The van der Waals surface area contributed by atoms with E-state index in [1.54, 1.807) is 23.5 Å². The molecule has 1 aromatic carbocycles. The van der Waals surface area contributed by atoms with Gasteiger partial charge in [0.05, 0.1) is 0 Å². The van der Waals surface area contributed by atoms with Crippen molar-refractivity contribution in [3.8, 4) is 5.75 Å². The lowest BCUT2D eigenvalue weighted by molar-refractivity contribution is 0.466. The third-order valence-electron chi connectivity index (χ3n) is 1.90. The number of rotatable bonds is 4. The third kappa shape index (κ3) is 2.75. The Bertz CT molecular complexity index is 315. The molecule has 0 aromatic heterocycles. The van der Waals surface area contributed by atoms with Crippen molar-refractivity contribution in [3.63, 3.8) is 0 Å². The average molecular weight is 249 g/mol. The van der Waals surface area contributed by atoms with Crippen LogP contribution in [0.4, 0.5) is 0 Å². The van der Waals surface area contributed by atoms with Crippen molar-refractivity contribution in [1.29, 1.82) is 0 Å². The van der Waals surface area contributed by atoms with Crippen molar-refractivity contribution >= 4 is 35.1 Å². The van der Waals surface area contributed by atoms with Crippen LogP contribution in [0.5, 0.6) is 5.75 Å². The Morgan fingerprint density at radius 2 is 1.86 bits per heavy atom. The zero-order valence-corrected chi connectivity index (χ0v) is 10.6. The van der Waals surface area contributed by atoms with Gasteiger partial charge in [0.2, 0.25) is 0 Å². The van der Waals surface area contributed by atoms with Crippen molar-refractivity contribution < 1.29 is 5.11 Å². The summed E-state index contributed by atoms with van der Waals surface area (Å²) in [6, 6.07) is 3.75. The number of aromatic hydroxyl groups is 1. The van der Waals surface area contributed by atoms with E-state index in [1.165, 1.54) is 0 Å². The standard InChI is InChI=1S/C10H13ClOS2/c1-13-5-7-3-4-9(11)8(6-14-2)10(7)12/h3-4,12H,5-6H2,1-2H3. The van der Waals surface area contributed by atoms with Gasteiger partial charge in [-0.1, -0.05) is 17.7 Å². The van der Waals surface area contributed by atoms with Gasteiger partial charge < -0.3 is 5.11 Å². The maximum absolute atomic E-state index is 9.92. The molecule has 1 nitrogen and oxygen atoms in total. The Morgan fingerprint density at radius 1 is 1.21 bits per heavy atom. The normalized spacial score (nSPS) is 10.5. The fourth-order valence-corrected chi connectivity index (χ4v) is 2.64. The molecule has 0 aliphatic rings. The van der Waals surface area contributed by atoms with Crippen LogP contribution in [0.25, 0.3) is 0 Å². The summed E-state index contributed by atoms with van der Waals surface area (Å²) in [5, 5.41) is 10.6. The zero-order chi connectivity index (χ0) is 10.6. The number of benzene rings is 1. The van der Waals surface area contributed by atoms with Crippen LogP contribution in [0, 0.1) is 0 Å². The van der Waals surface area contributed by atoms with Gasteiger partial charge in [-0.2, -0.15) is 23.5 Å². The molecular weight excluding hydrogens is 236 g/mol. The van der Waals surface area contributed by atoms with Gasteiger partial charge in [-0.05, 0) is 18.6 Å². The van der Waals surface area contributed by atoms with Crippen LogP contribution in [-0.4, -0.2) is 17.6 Å². The molecule has 1 rings (SSSR count). The van der Waals surface area contributed by atoms with Crippen molar-refractivity contribution in [2.24, 2.45) is 0 Å². The van der Waals surface area contributed by atoms with E-state index in [-0.39, 0.29) is 0 Å². The van der Waals surface area contributed by atoms with E-state index in [2.05, 4.69) is 0 Å². The Labute approximate surface area is 98.2 Å². The molecule has 14 heavy (non-hydrogen) atoms. The Kier molecular flexibility index (Phi) is 4.99. The van der Waals surface area contributed by atoms with Crippen LogP contribution in [0.1, 0.15) is 11.1 Å². The highest BCUT2D eigenvalue weighted by atomic mass is 35.5. The van der Waals surface area contributed by atoms with Gasteiger partial charge in [0.1, 0.15) is 5.75 Å². The number of halogens is 1. The van der Waals surface area contributed by atoms with E-state index in [4.69, 9.17) is 11.6 Å². The molecule has 0 saturated carbocycles. The molecule has 1 N–H and O–H groups in total. The molecule has 4 heteroatoms. The molecule has 0 amide bonds. The summed E-state index contributed by atoms with van der Waals surface area (Å²) < 4.78 is 0. The first-order chi connectivity index (χ1) is 6.70. The minimum atomic E-state index is 0.362. The van der Waals surface area contributed by atoms with Crippen LogP contribution in [0.15, 0.2) is 12.1 Å². The van der Waals surface area contributed by atoms with Crippen LogP contribution in [0.3, 0.4) is 0 Å². The fraction of sp³-hybridized carbons (Fsp3) is 0.400. The first-order valence-electron chi connectivity index (χ1n) is 4.17. The average Bonchev–Trinajstić information content (AvgIpc) is 2.17. The molecular formula is C10H13ClOS2. The van der Waals surface area contributed by atoms with Gasteiger partial charge in [0, 0.05) is 27.7 Å². The van der Waals surface area contributed by atoms with Crippen LogP contribution < -0.4 is 0 Å². The minimum absolute atomic E-state index is 0.362. The van der Waals surface area contributed by atoms with Gasteiger partial charge in [-0.3, -0.25) is 0 Å². The van der Waals surface area contributed by atoms with Crippen molar-refractivity contribution in [2.45, 2.75) is 11.5 Å². The summed E-state index contributed by atoms with van der Waals surface area (Å²) in [5.41, 5.74) is 1.82. The molecule has 0 heterocycles. The molecule has 0 radical (unpaired) electrons. The number of thioether (sulfide) groups is 2. The lowest BCUT2D eigenvalue weighted by Crippen LogP contribution is -1.89. The number of phenolic OH excluding ortho intramolecular Hbond substituents is 1. The lowest BCUT2D eigenvalue weighted by atomic mass is 10.1. The van der Waals surface area contributed by atoms with E-state index < -0.39 is 0 Å². The Balaban J connectivity index is 3.05. The molecule has 78 valence electrons. The number of phenols is 1. The van der Waals surface area contributed by atoms with Gasteiger partial charge in [0.15, 0.2) is 0 Å². The van der Waals surface area contributed by atoms with E-state index >= 15 is 0 Å². The Hall–Kier alpha value is 0.01000. The smallest absolute Gasteiger partial charge is 0.125 e. The molecule has 0 saturated heterocycles. The highest BCUT2D eigenvalue weighted by Gasteiger charge is 2.10. The van der Waals surface area contributed by atoms with E-state index in [9.17, 15) is 5.11 Å². The highest BCUT2D eigenvalue weighted by molar-refractivity contribution is 7.98. The van der Waals surface area contributed by atoms with Crippen LogP contribution in [-0.2, 0) is 11.5 Å². The molecule has 0 atom stereocenters. The quantitative estimate of drug-likeness (QED) is 0.876. The summed E-state index contributed by atoms with van der Waals surface area (Å²) in [7, 11) is 0. The van der Waals surface area contributed by atoms with Gasteiger partial charge in [-0.25, -0.2) is 0 Å². The molecule has 0 unspecified atom stereocenters. The van der Waals surface area contributed by atoms with Crippen LogP contribution in [0.2, 0.25) is 5.02 Å². The second-order valence-corrected chi connectivity index (χ2v) is 5.04. The predicted octanol–water partition coefficient (Wildman–Crippen LogP) is 3.77. The van der Waals surface area contributed by atoms with Gasteiger partial charge >= 0.3 is 0 Å². The summed E-state index contributed by atoms with van der Waals surface area (Å²) >= 11 is 9.35. The summed E-state index contributed by atoms with van der Waals surface area (Å²) in [4.78, 5) is 0. The van der Waals surface area contributed by atoms with Crippen LogP contribution >= 0.6 is 35.1 Å². The molecule has 0 spiro atoms. The molecule has 1 aromatic rings. The van der Waals surface area contributed by atoms with Crippen molar-refractivity contribution in [1.82, 2.24) is 0 Å². The largest absolute Gasteiger partial charge is 0.507 e. The van der Waals surface area contributed by atoms with E-state index in [0.717, 1.165) is 22.6 Å². The van der Waals surface area contributed by atoms with Gasteiger partial charge in [-0.15, -0.1) is 0 Å². The number of hydrogen-bond acceptors (Lipinski definition) is 3. The molecule has 0 bridgehead atoms. The topological polar surface area (TPSA) is 20.2 Å². The fourth-order valence-electron chi connectivity index (χ4n) is 1.21.